The minimum Gasteiger partial charge on any atom is -0.323 e. The van der Waals surface area contributed by atoms with E-state index in [2.05, 4.69) is 25.8 Å². The summed E-state index contributed by atoms with van der Waals surface area (Å²) >= 11 is 7.01. The predicted molar refractivity (Wildman–Crippen MR) is 89.5 cm³/mol. The van der Waals surface area contributed by atoms with Crippen LogP contribution in [-0.4, -0.2) is 9.55 Å². The maximum Gasteiger partial charge on any atom is 0.263 e. The van der Waals surface area contributed by atoms with Crippen LogP contribution in [-0.2, 0) is 0 Å². The van der Waals surface area contributed by atoms with Gasteiger partial charge in [-0.3, -0.25) is 9.36 Å². The first kappa shape index (κ1) is 15.4. The summed E-state index contributed by atoms with van der Waals surface area (Å²) in [6, 6.07) is 0.130. The Morgan fingerprint density at radius 1 is 1.35 bits per heavy atom. The van der Waals surface area contributed by atoms with Gasteiger partial charge in [-0.25, -0.2) is 0 Å². The zero-order valence-electron chi connectivity index (χ0n) is 12.7. The molecule has 2 atom stereocenters. The van der Waals surface area contributed by atoms with Gasteiger partial charge in [0.05, 0.1) is 5.39 Å². The Morgan fingerprint density at radius 2 is 2.00 bits per heavy atom. The fourth-order valence-corrected chi connectivity index (χ4v) is 4.08. The van der Waals surface area contributed by atoms with Crippen LogP contribution in [0.2, 0.25) is 0 Å². The quantitative estimate of drug-likeness (QED) is 0.829. The van der Waals surface area contributed by atoms with E-state index >= 15 is 0 Å². The van der Waals surface area contributed by atoms with Crippen LogP contribution in [0.25, 0.3) is 10.2 Å². The first-order chi connectivity index (χ1) is 9.36. The Morgan fingerprint density at radius 3 is 2.60 bits per heavy atom. The average Bonchev–Trinajstić information content (AvgIpc) is 2.64. The number of thiophene rings is 1. The molecule has 0 aliphatic carbocycles. The number of nitrogens with one attached hydrogen (secondary N) is 1. The zero-order valence-corrected chi connectivity index (χ0v) is 14.4. The molecule has 20 heavy (non-hydrogen) atoms. The van der Waals surface area contributed by atoms with Crippen molar-refractivity contribution in [3.05, 3.63) is 25.6 Å². The number of fused-ring (bicyclic) bond motifs is 1. The number of aromatic nitrogens is 2. The van der Waals surface area contributed by atoms with E-state index in [1.807, 2.05) is 13.8 Å². The molecule has 0 spiro atoms. The molecule has 2 aromatic rings. The van der Waals surface area contributed by atoms with Gasteiger partial charge in [0.15, 0.2) is 4.77 Å². The number of H-pyrrole nitrogens is 1. The number of hydrogen-bond donors (Lipinski definition) is 1. The molecule has 2 unspecified atom stereocenters. The summed E-state index contributed by atoms with van der Waals surface area (Å²) in [6.45, 7) is 10.5. The highest BCUT2D eigenvalue weighted by Gasteiger charge is 2.17. The van der Waals surface area contributed by atoms with Crippen molar-refractivity contribution in [2.24, 2.45) is 5.92 Å². The molecule has 0 aliphatic rings. The molecule has 3 nitrogen and oxygen atoms in total. The monoisotopic (exact) mass is 310 g/mol. The van der Waals surface area contributed by atoms with Gasteiger partial charge in [-0.15, -0.1) is 11.3 Å². The van der Waals surface area contributed by atoms with Crippen molar-refractivity contribution in [1.29, 1.82) is 0 Å². The smallest absolute Gasteiger partial charge is 0.263 e. The molecular weight excluding hydrogens is 288 g/mol. The fraction of sp³-hybridized carbons (Fsp3) is 0.600. The van der Waals surface area contributed by atoms with Crippen molar-refractivity contribution in [2.45, 2.75) is 53.5 Å². The number of nitrogens with zero attached hydrogens (tertiary/aromatic N) is 1. The topological polar surface area (TPSA) is 37.8 Å². The molecule has 0 amide bonds. The molecule has 1 N–H and O–H groups in total. The number of rotatable bonds is 4. The second-order valence-corrected chi connectivity index (χ2v) is 7.30. The molecule has 0 saturated heterocycles. The van der Waals surface area contributed by atoms with Gasteiger partial charge in [0.1, 0.15) is 4.83 Å². The third kappa shape index (κ3) is 2.61. The summed E-state index contributed by atoms with van der Waals surface area (Å²) < 4.78 is 2.29. The minimum atomic E-state index is 0.0569. The predicted octanol–water partition coefficient (Wildman–Crippen LogP) is 4.73. The number of aromatic amines is 1. The van der Waals surface area contributed by atoms with E-state index in [-0.39, 0.29) is 11.6 Å². The SMILES string of the molecule is CCC(C)CC(C)n1c(=S)[nH]c2sc(C)c(C)c2c1=O. The van der Waals surface area contributed by atoms with Crippen LogP contribution in [0.15, 0.2) is 4.79 Å². The Labute approximate surface area is 128 Å². The van der Waals surface area contributed by atoms with Gasteiger partial charge in [-0.2, -0.15) is 0 Å². The van der Waals surface area contributed by atoms with Crippen LogP contribution < -0.4 is 5.56 Å². The second kappa shape index (κ2) is 5.82. The summed E-state index contributed by atoms with van der Waals surface area (Å²) in [4.78, 5) is 18.1. The third-order valence-electron chi connectivity index (χ3n) is 4.14. The summed E-state index contributed by atoms with van der Waals surface area (Å²) in [6.07, 6.45) is 2.09. The van der Waals surface area contributed by atoms with E-state index in [0.29, 0.717) is 10.7 Å². The summed E-state index contributed by atoms with van der Waals surface area (Å²) in [5, 5.41) is 0.803. The minimum absolute atomic E-state index is 0.0569. The normalized spacial score (nSPS) is 14.7. The van der Waals surface area contributed by atoms with E-state index in [1.165, 1.54) is 4.88 Å². The van der Waals surface area contributed by atoms with Crippen molar-refractivity contribution in [3.63, 3.8) is 0 Å². The molecule has 0 fully saturated rings. The van der Waals surface area contributed by atoms with E-state index < -0.39 is 0 Å². The van der Waals surface area contributed by atoms with Gasteiger partial charge in [0.2, 0.25) is 0 Å². The number of aryl methyl sites for hydroxylation is 2. The van der Waals surface area contributed by atoms with Gasteiger partial charge in [0, 0.05) is 10.9 Å². The van der Waals surface area contributed by atoms with E-state index in [0.717, 1.165) is 28.6 Å². The summed E-state index contributed by atoms with van der Waals surface area (Å²) in [5.74, 6) is 0.590. The van der Waals surface area contributed by atoms with Gasteiger partial charge in [-0.1, -0.05) is 20.3 Å². The molecule has 0 saturated carbocycles. The maximum atomic E-state index is 12.8. The van der Waals surface area contributed by atoms with Gasteiger partial charge < -0.3 is 4.98 Å². The molecule has 2 rings (SSSR count). The molecular formula is C15H22N2OS2. The summed E-state index contributed by atoms with van der Waals surface area (Å²) in [7, 11) is 0. The largest absolute Gasteiger partial charge is 0.323 e. The van der Waals surface area contributed by atoms with E-state index in [9.17, 15) is 4.79 Å². The Kier molecular flexibility index (Phi) is 4.49. The lowest BCUT2D eigenvalue weighted by molar-refractivity contribution is 0.387. The molecule has 0 bridgehead atoms. The highest BCUT2D eigenvalue weighted by Crippen LogP contribution is 2.27. The standard InChI is InChI=1S/C15H22N2OS2/c1-6-8(2)7-9(3)17-14(18)12-10(4)11(5)20-13(12)16-15(17)19/h8-9H,6-7H2,1-5H3,(H,16,19). The van der Waals surface area contributed by atoms with Gasteiger partial charge in [0.25, 0.3) is 5.56 Å². The number of hydrogen-bond acceptors (Lipinski definition) is 3. The Hall–Kier alpha value is -0.940. The first-order valence-corrected chi connectivity index (χ1v) is 8.33. The average molecular weight is 310 g/mol. The fourth-order valence-electron chi connectivity index (χ4n) is 2.60. The highest BCUT2D eigenvalue weighted by molar-refractivity contribution is 7.71. The molecule has 0 aliphatic heterocycles. The van der Waals surface area contributed by atoms with Gasteiger partial charge in [-0.05, 0) is 50.9 Å². The van der Waals surface area contributed by atoms with Crippen LogP contribution in [0.5, 0.6) is 0 Å². The molecule has 5 heteroatoms. The van der Waals surface area contributed by atoms with Crippen LogP contribution in [0.1, 0.15) is 50.1 Å². The van der Waals surface area contributed by atoms with Crippen molar-refractivity contribution < 1.29 is 0 Å². The lowest BCUT2D eigenvalue weighted by Gasteiger charge is -2.18. The van der Waals surface area contributed by atoms with E-state index in [1.54, 1.807) is 15.9 Å². The third-order valence-corrected chi connectivity index (χ3v) is 5.56. The lowest BCUT2D eigenvalue weighted by atomic mass is 10.0. The lowest BCUT2D eigenvalue weighted by Crippen LogP contribution is -2.26. The van der Waals surface area contributed by atoms with E-state index in [4.69, 9.17) is 12.2 Å². The van der Waals surface area contributed by atoms with Crippen molar-refractivity contribution in [1.82, 2.24) is 9.55 Å². The van der Waals surface area contributed by atoms with Crippen molar-refractivity contribution in [2.75, 3.05) is 0 Å². The van der Waals surface area contributed by atoms with Crippen LogP contribution in [0.3, 0.4) is 0 Å². The second-order valence-electron chi connectivity index (χ2n) is 5.69. The first-order valence-electron chi connectivity index (χ1n) is 7.11. The van der Waals surface area contributed by atoms with Crippen LogP contribution >= 0.6 is 23.6 Å². The van der Waals surface area contributed by atoms with Gasteiger partial charge >= 0.3 is 0 Å². The summed E-state index contributed by atoms with van der Waals surface area (Å²) in [5.41, 5.74) is 1.13. The zero-order chi connectivity index (χ0) is 15.0. The highest BCUT2D eigenvalue weighted by atomic mass is 32.1. The maximum absolute atomic E-state index is 12.8. The molecule has 110 valence electrons. The Balaban J connectivity index is 2.62. The van der Waals surface area contributed by atoms with Crippen molar-refractivity contribution >= 4 is 33.8 Å². The Bertz CT molecular complexity index is 739. The van der Waals surface area contributed by atoms with Crippen LogP contribution in [0, 0.1) is 24.5 Å². The molecule has 2 aromatic heterocycles. The molecule has 2 heterocycles. The molecule has 0 radical (unpaired) electrons. The molecule has 0 aromatic carbocycles. The van der Waals surface area contributed by atoms with Crippen molar-refractivity contribution in [3.8, 4) is 0 Å². The van der Waals surface area contributed by atoms with Crippen LogP contribution in [0.4, 0.5) is 0 Å².